The predicted molar refractivity (Wildman–Crippen MR) is 62.5 cm³/mol. The number of hydrogen-bond acceptors (Lipinski definition) is 2. The van der Waals surface area contributed by atoms with Crippen LogP contribution in [0.3, 0.4) is 0 Å². The topological polar surface area (TPSA) is 46.5 Å². The third-order valence-electron chi connectivity index (χ3n) is 2.21. The van der Waals surface area contributed by atoms with Crippen LogP contribution >= 0.6 is 0 Å². The molecule has 0 saturated heterocycles. The molecule has 0 aliphatic rings. The zero-order valence-corrected chi connectivity index (χ0v) is 9.40. The van der Waals surface area contributed by atoms with E-state index in [4.69, 9.17) is 9.84 Å². The summed E-state index contributed by atoms with van der Waals surface area (Å²) < 4.78 is 5.43. The number of ether oxygens (including phenoxy) is 1. The standard InChI is InChI=1S/C13H16O3/c1-3-10(2)16-12-7-4-11(5-8-12)6-9-13(14)15/h4-5,7-8H,2-3,6,9H2,1H3,(H,14,15). The molecular weight excluding hydrogens is 204 g/mol. The van der Waals surface area contributed by atoms with Gasteiger partial charge in [-0.2, -0.15) is 0 Å². The highest BCUT2D eigenvalue weighted by Crippen LogP contribution is 2.16. The molecule has 0 saturated carbocycles. The third kappa shape index (κ3) is 4.17. The molecule has 3 nitrogen and oxygen atoms in total. The Kier molecular flexibility index (Phi) is 4.58. The lowest BCUT2D eigenvalue weighted by atomic mass is 10.1. The van der Waals surface area contributed by atoms with Crippen molar-refractivity contribution < 1.29 is 14.6 Å². The second-order valence-electron chi connectivity index (χ2n) is 3.53. The SMILES string of the molecule is C=C(CC)Oc1ccc(CCC(=O)O)cc1. The van der Waals surface area contributed by atoms with Crippen molar-refractivity contribution in [3.05, 3.63) is 42.2 Å². The third-order valence-corrected chi connectivity index (χ3v) is 2.21. The highest BCUT2D eigenvalue weighted by Gasteiger charge is 2.00. The van der Waals surface area contributed by atoms with Crippen molar-refractivity contribution in [3.8, 4) is 5.75 Å². The van der Waals surface area contributed by atoms with Gasteiger partial charge in [-0.3, -0.25) is 4.79 Å². The lowest BCUT2D eigenvalue weighted by Gasteiger charge is -2.07. The Labute approximate surface area is 95.4 Å². The highest BCUT2D eigenvalue weighted by atomic mass is 16.5. The van der Waals surface area contributed by atoms with Gasteiger partial charge >= 0.3 is 5.97 Å². The second kappa shape index (κ2) is 5.95. The van der Waals surface area contributed by atoms with E-state index in [2.05, 4.69) is 6.58 Å². The van der Waals surface area contributed by atoms with Crippen LogP contribution < -0.4 is 4.74 Å². The number of carbonyl (C=O) groups is 1. The average molecular weight is 220 g/mol. The number of hydrogen-bond donors (Lipinski definition) is 1. The monoisotopic (exact) mass is 220 g/mol. The van der Waals surface area contributed by atoms with E-state index in [-0.39, 0.29) is 6.42 Å². The Morgan fingerprint density at radius 3 is 2.50 bits per heavy atom. The summed E-state index contributed by atoms with van der Waals surface area (Å²) in [7, 11) is 0. The fourth-order valence-corrected chi connectivity index (χ4v) is 1.21. The molecule has 1 aromatic rings. The van der Waals surface area contributed by atoms with E-state index in [1.54, 1.807) is 0 Å². The van der Waals surface area contributed by atoms with Crippen molar-refractivity contribution >= 4 is 5.97 Å². The van der Waals surface area contributed by atoms with Crippen LogP contribution in [-0.4, -0.2) is 11.1 Å². The lowest BCUT2D eigenvalue weighted by molar-refractivity contribution is -0.136. The van der Waals surface area contributed by atoms with E-state index in [1.807, 2.05) is 31.2 Å². The van der Waals surface area contributed by atoms with Gasteiger partial charge in [-0.25, -0.2) is 0 Å². The summed E-state index contributed by atoms with van der Waals surface area (Å²) in [6, 6.07) is 7.42. The quantitative estimate of drug-likeness (QED) is 0.749. The molecule has 3 heteroatoms. The van der Waals surface area contributed by atoms with Crippen LogP contribution in [-0.2, 0) is 11.2 Å². The Balaban J connectivity index is 2.54. The van der Waals surface area contributed by atoms with E-state index in [0.717, 1.165) is 23.5 Å². The molecule has 0 fully saturated rings. The lowest BCUT2D eigenvalue weighted by Crippen LogP contribution is -1.97. The fourth-order valence-electron chi connectivity index (χ4n) is 1.21. The Morgan fingerprint density at radius 1 is 1.38 bits per heavy atom. The molecule has 0 aliphatic heterocycles. The summed E-state index contributed by atoms with van der Waals surface area (Å²) in [5, 5.41) is 8.54. The molecule has 0 radical (unpaired) electrons. The Morgan fingerprint density at radius 2 is 2.00 bits per heavy atom. The van der Waals surface area contributed by atoms with E-state index >= 15 is 0 Å². The Hall–Kier alpha value is -1.77. The number of carboxylic acids is 1. The minimum absolute atomic E-state index is 0.155. The van der Waals surface area contributed by atoms with Gasteiger partial charge in [0.2, 0.25) is 0 Å². The summed E-state index contributed by atoms with van der Waals surface area (Å²) >= 11 is 0. The second-order valence-corrected chi connectivity index (χ2v) is 3.53. The molecule has 1 rings (SSSR count). The van der Waals surface area contributed by atoms with E-state index in [1.165, 1.54) is 0 Å². The summed E-state index contributed by atoms with van der Waals surface area (Å²) in [5.41, 5.74) is 0.997. The molecule has 0 spiro atoms. The first-order valence-electron chi connectivity index (χ1n) is 5.28. The maximum Gasteiger partial charge on any atom is 0.303 e. The van der Waals surface area contributed by atoms with Crippen LogP contribution in [0.2, 0.25) is 0 Å². The smallest absolute Gasteiger partial charge is 0.303 e. The summed E-state index contributed by atoms with van der Waals surface area (Å²) in [6.45, 7) is 5.73. The molecular formula is C13H16O3. The van der Waals surface area contributed by atoms with Crippen LogP contribution in [0.5, 0.6) is 5.75 Å². The number of allylic oxidation sites excluding steroid dienone is 1. The van der Waals surface area contributed by atoms with Gasteiger partial charge in [-0.15, -0.1) is 0 Å². The van der Waals surface area contributed by atoms with Gasteiger partial charge in [-0.1, -0.05) is 25.6 Å². The van der Waals surface area contributed by atoms with Gasteiger partial charge in [0.15, 0.2) is 0 Å². The van der Waals surface area contributed by atoms with Gasteiger partial charge in [0.05, 0.1) is 5.76 Å². The number of benzene rings is 1. The molecule has 86 valence electrons. The van der Waals surface area contributed by atoms with Crippen molar-refractivity contribution in [1.82, 2.24) is 0 Å². The normalized spacial score (nSPS) is 9.81. The summed E-state index contributed by atoms with van der Waals surface area (Å²) in [6.07, 6.45) is 1.48. The maximum atomic E-state index is 10.4. The highest BCUT2D eigenvalue weighted by molar-refractivity contribution is 5.67. The van der Waals surface area contributed by atoms with Crippen molar-refractivity contribution in [3.63, 3.8) is 0 Å². The first-order valence-corrected chi connectivity index (χ1v) is 5.28. The van der Waals surface area contributed by atoms with Gasteiger partial charge in [-0.05, 0) is 24.1 Å². The molecule has 0 aromatic heterocycles. The summed E-state index contributed by atoms with van der Waals surface area (Å²) in [5.74, 6) is 0.684. The van der Waals surface area contributed by atoms with Crippen molar-refractivity contribution in [2.75, 3.05) is 0 Å². The first kappa shape index (κ1) is 12.3. The van der Waals surface area contributed by atoms with E-state index in [9.17, 15) is 4.79 Å². The number of rotatable bonds is 6. The molecule has 0 amide bonds. The molecule has 16 heavy (non-hydrogen) atoms. The minimum Gasteiger partial charge on any atom is -0.481 e. The molecule has 1 N–H and O–H groups in total. The zero-order valence-electron chi connectivity index (χ0n) is 9.40. The molecule has 1 aromatic carbocycles. The van der Waals surface area contributed by atoms with Gasteiger partial charge < -0.3 is 9.84 Å². The fraction of sp³-hybridized carbons (Fsp3) is 0.308. The van der Waals surface area contributed by atoms with Gasteiger partial charge in [0.25, 0.3) is 0 Å². The molecule has 0 atom stereocenters. The maximum absolute atomic E-state index is 10.4. The Bertz CT molecular complexity index is 365. The van der Waals surface area contributed by atoms with Crippen LogP contribution in [0.25, 0.3) is 0 Å². The predicted octanol–water partition coefficient (Wildman–Crippen LogP) is 3.01. The van der Waals surface area contributed by atoms with Gasteiger partial charge in [0, 0.05) is 12.8 Å². The van der Waals surface area contributed by atoms with Crippen molar-refractivity contribution in [2.45, 2.75) is 26.2 Å². The summed E-state index contributed by atoms with van der Waals surface area (Å²) in [4.78, 5) is 10.4. The number of carboxylic acid groups (broad SMARTS) is 1. The molecule has 0 bridgehead atoms. The minimum atomic E-state index is -0.778. The molecule has 0 unspecified atom stereocenters. The number of aliphatic carboxylic acids is 1. The van der Waals surface area contributed by atoms with Crippen LogP contribution in [0.15, 0.2) is 36.6 Å². The average Bonchev–Trinajstić information content (AvgIpc) is 2.28. The first-order chi connectivity index (χ1) is 7.61. The van der Waals surface area contributed by atoms with Crippen LogP contribution in [0.1, 0.15) is 25.3 Å². The van der Waals surface area contributed by atoms with Crippen molar-refractivity contribution in [1.29, 1.82) is 0 Å². The largest absolute Gasteiger partial charge is 0.481 e. The van der Waals surface area contributed by atoms with Crippen LogP contribution in [0, 0.1) is 0 Å². The number of aryl methyl sites for hydroxylation is 1. The van der Waals surface area contributed by atoms with E-state index < -0.39 is 5.97 Å². The van der Waals surface area contributed by atoms with Crippen LogP contribution in [0.4, 0.5) is 0 Å². The van der Waals surface area contributed by atoms with Gasteiger partial charge in [0.1, 0.15) is 5.75 Å². The van der Waals surface area contributed by atoms with E-state index in [0.29, 0.717) is 6.42 Å². The molecule has 0 aliphatic carbocycles. The zero-order chi connectivity index (χ0) is 12.0. The van der Waals surface area contributed by atoms with Crippen molar-refractivity contribution in [2.24, 2.45) is 0 Å². The molecule has 0 heterocycles.